The molecule has 1 aliphatic carbocycles. The van der Waals surface area contributed by atoms with E-state index in [4.69, 9.17) is 10.00 Å². The Hall–Kier alpha value is -1.49. The summed E-state index contributed by atoms with van der Waals surface area (Å²) in [4.78, 5) is 0. The number of hydrogen-bond donors (Lipinski definition) is 0. The van der Waals surface area contributed by atoms with E-state index in [9.17, 15) is 0 Å². The Balaban J connectivity index is 2.25. The molecular weight excluding hydrogens is 210 g/mol. The number of hydrogen-bond acceptors (Lipinski definition) is 2. The summed E-state index contributed by atoms with van der Waals surface area (Å²) in [6.45, 7) is 4.33. The van der Waals surface area contributed by atoms with E-state index < -0.39 is 0 Å². The van der Waals surface area contributed by atoms with Crippen molar-refractivity contribution < 1.29 is 4.74 Å². The van der Waals surface area contributed by atoms with Crippen molar-refractivity contribution in [3.8, 4) is 11.8 Å². The number of benzene rings is 1. The van der Waals surface area contributed by atoms with Gasteiger partial charge < -0.3 is 4.74 Å². The Labute approximate surface area is 103 Å². The summed E-state index contributed by atoms with van der Waals surface area (Å²) < 4.78 is 5.37. The number of methoxy groups -OCH3 is 1. The first-order valence-electron chi connectivity index (χ1n) is 6.18. The van der Waals surface area contributed by atoms with Crippen molar-refractivity contribution in [1.82, 2.24) is 0 Å². The lowest BCUT2D eigenvalue weighted by molar-refractivity contribution is 0.407. The monoisotopic (exact) mass is 229 g/mol. The molecule has 0 saturated heterocycles. The van der Waals surface area contributed by atoms with Crippen LogP contribution in [0, 0.1) is 16.7 Å². The van der Waals surface area contributed by atoms with Crippen LogP contribution in [0.5, 0.6) is 5.75 Å². The van der Waals surface area contributed by atoms with Crippen LogP contribution in [0.25, 0.3) is 0 Å². The molecule has 0 atom stereocenters. The molecule has 1 aromatic carbocycles. The van der Waals surface area contributed by atoms with E-state index >= 15 is 0 Å². The van der Waals surface area contributed by atoms with Crippen LogP contribution in [0.15, 0.2) is 18.2 Å². The molecule has 17 heavy (non-hydrogen) atoms. The summed E-state index contributed by atoms with van der Waals surface area (Å²) >= 11 is 0. The molecule has 0 aliphatic heterocycles. The van der Waals surface area contributed by atoms with E-state index in [2.05, 4.69) is 32.0 Å². The van der Waals surface area contributed by atoms with Gasteiger partial charge in [-0.25, -0.2) is 0 Å². The largest absolute Gasteiger partial charge is 0.496 e. The van der Waals surface area contributed by atoms with Crippen molar-refractivity contribution in [1.29, 1.82) is 5.26 Å². The third-order valence-corrected chi connectivity index (χ3v) is 3.55. The second kappa shape index (κ2) is 4.41. The minimum Gasteiger partial charge on any atom is -0.496 e. The number of nitrogens with zero attached hydrogens (tertiary/aromatic N) is 1. The van der Waals surface area contributed by atoms with Gasteiger partial charge in [0.15, 0.2) is 0 Å². The van der Waals surface area contributed by atoms with Gasteiger partial charge in [-0.1, -0.05) is 26.0 Å². The van der Waals surface area contributed by atoms with Crippen LogP contribution in [-0.4, -0.2) is 7.11 Å². The lowest BCUT2D eigenvalue weighted by Crippen LogP contribution is -2.03. The van der Waals surface area contributed by atoms with Crippen LogP contribution in [0.1, 0.15) is 43.7 Å². The molecule has 90 valence electrons. The lowest BCUT2D eigenvalue weighted by Gasteiger charge is -2.14. The Morgan fingerprint density at radius 2 is 2.12 bits per heavy atom. The first-order valence-corrected chi connectivity index (χ1v) is 6.18. The zero-order valence-electron chi connectivity index (χ0n) is 10.8. The molecule has 0 unspecified atom stereocenters. The maximum absolute atomic E-state index is 9.12. The minimum absolute atomic E-state index is 0.0666. The average molecular weight is 229 g/mol. The average Bonchev–Trinajstić information content (AvgIpc) is 3.09. The summed E-state index contributed by atoms with van der Waals surface area (Å²) in [6.07, 6.45) is 2.98. The summed E-state index contributed by atoms with van der Waals surface area (Å²) in [5, 5.41) is 9.12. The van der Waals surface area contributed by atoms with Gasteiger partial charge in [-0.15, -0.1) is 0 Å². The third-order valence-electron chi connectivity index (χ3n) is 3.55. The van der Waals surface area contributed by atoms with Crippen LogP contribution in [0.4, 0.5) is 0 Å². The van der Waals surface area contributed by atoms with Gasteiger partial charge in [0.1, 0.15) is 5.75 Å². The number of nitriles is 1. The summed E-state index contributed by atoms with van der Waals surface area (Å²) in [5.74, 6) is 1.40. The molecule has 0 aromatic heterocycles. The van der Waals surface area contributed by atoms with Gasteiger partial charge in [0.2, 0.25) is 0 Å². The predicted octanol–water partition coefficient (Wildman–Crippen LogP) is 3.66. The highest BCUT2D eigenvalue weighted by Crippen LogP contribution is 2.48. The van der Waals surface area contributed by atoms with Crippen LogP contribution in [0.2, 0.25) is 0 Å². The van der Waals surface area contributed by atoms with Crippen molar-refractivity contribution in [2.75, 3.05) is 7.11 Å². The fraction of sp³-hybridized carbons (Fsp3) is 0.533. The van der Waals surface area contributed by atoms with Gasteiger partial charge in [0, 0.05) is 0 Å². The van der Waals surface area contributed by atoms with Crippen LogP contribution in [-0.2, 0) is 6.42 Å². The molecule has 0 spiro atoms. The van der Waals surface area contributed by atoms with Crippen molar-refractivity contribution in [3.05, 3.63) is 29.3 Å². The highest BCUT2D eigenvalue weighted by Gasteiger charge is 2.42. The van der Waals surface area contributed by atoms with E-state index in [1.54, 1.807) is 7.11 Å². The maximum Gasteiger partial charge on any atom is 0.122 e. The lowest BCUT2D eigenvalue weighted by atomic mass is 9.93. The second-order valence-corrected chi connectivity index (χ2v) is 5.30. The van der Waals surface area contributed by atoms with E-state index in [0.29, 0.717) is 5.92 Å². The zero-order valence-corrected chi connectivity index (χ0v) is 10.8. The normalized spacial score (nSPS) is 16.6. The molecule has 2 rings (SSSR count). The van der Waals surface area contributed by atoms with Crippen molar-refractivity contribution >= 4 is 0 Å². The van der Waals surface area contributed by atoms with E-state index in [-0.39, 0.29) is 5.41 Å². The highest BCUT2D eigenvalue weighted by atomic mass is 16.5. The van der Waals surface area contributed by atoms with Crippen molar-refractivity contribution in [3.63, 3.8) is 0 Å². The topological polar surface area (TPSA) is 33.0 Å². The van der Waals surface area contributed by atoms with E-state index in [1.165, 1.54) is 11.1 Å². The molecule has 1 aromatic rings. The predicted molar refractivity (Wildman–Crippen MR) is 68.1 cm³/mol. The van der Waals surface area contributed by atoms with Gasteiger partial charge in [0.25, 0.3) is 0 Å². The number of rotatable bonds is 4. The fourth-order valence-corrected chi connectivity index (χ4v) is 2.21. The smallest absolute Gasteiger partial charge is 0.122 e. The second-order valence-electron chi connectivity index (χ2n) is 5.30. The van der Waals surface area contributed by atoms with Gasteiger partial charge in [-0.3, -0.25) is 0 Å². The van der Waals surface area contributed by atoms with Crippen LogP contribution in [0.3, 0.4) is 0 Å². The van der Waals surface area contributed by atoms with E-state index in [0.717, 1.165) is 25.0 Å². The molecule has 0 bridgehead atoms. The molecule has 1 saturated carbocycles. The summed E-state index contributed by atoms with van der Waals surface area (Å²) in [7, 11) is 1.71. The Morgan fingerprint density at radius 1 is 1.41 bits per heavy atom. The molecule has 0 heterocycles. The Morgan fingerprint density at radius 3 is 2.59 bits per heavy atom. The van der Waals surface area contributed by atoms with Crippen molar-refractivity contribution in [2.24, 2.45) is 5.41 Å². The summed E-state index contributed by atoms with van der Waals surface area (Å²) in [6, 6.07) is 8.75. The SMILES string of the molecule is COc1ccc(CC2(C#N)CC2)cc1C(C)C. The molecule has 2 nitrogen and oxygen atoms in total. The van der Waals surface area contributed by atoms with Gasteiger partial charge in [-0.05, 0) is 42.4 Å². The first kappa shape index (κ1) is 12.0. The molecule has 1 aliphatic rings. The summed E-state index contributed by atoms with van der Waals surface area (Å²) in [5.41, 5.74) is 2.43. The van der Waals surface area contributed by atoms with Crippen molar-refractivity contribution in [2.45, 2.75) is 39.0 Å². The molecule has 0 N–H and O–H groups in total. The zero-order chi connectivity index (χ0) is 12.5. The number of ether oxygens (including phenoxy) is 1. The third kappa shape index (κ3) is 2.44. The van der Waals surface area contributed by atoms with Gasteiger partial charge in [-0.2, -0.15) is 5.26 Å². The van der Waals surface area contributed by atoms with Crippen LogP contribution >= 0.6 is 0 Å². The molecule has 0 radical (unpaired) electrons. The minimum atomic E-state index is -0.0666. The first-order chi connectivity index (χ1) is 8.10. The Kier molecular flexibility index (Phi) is 3.11. The standard InChI is InChI=1S/C15H19NO/c1-11(2)13-8-12(4-5-14(13)17-3)9-15(10-16)6-7-15/h4-5,8,11H,6-7,9H2,1-3H3. The van der Waals surface area contributed by atoms with Gasteiger partial charge in [0.05, 0.1) is 18.6 Å². The Bertz CT molecular complexity index is 452. The van der Waals surface area contributed by atoms with Crippen LogP contribution < -0.4 is 4.74 Å². The van der Waals surface area contributed by atoms with E-state index in [1.807, 2.05) is 6.07 Å². The molecule has 2 heteroatoms. The molecular formula is C15H19NO. The fourth-order valence-electron chi connectivity index (χ4n) is 2.21. The molecule has 1 fully saturated rings. The van der Waals surface area contributed by atoms with Gasteiger partial charge >= 0.3 is 0 Å². The quantitative estimate of drug-likeness (QED) is 0.789. The highest BCUT2D eigenvalue weighted by molar-refractivity contribution is 5.40. The molecule has 0 amide bonds. The maximum atomic E-state index is 9.12.